The molecule has 0 bridgehead atoms. The summed E-state index contributed by atoms with van der Waals surface area (Å²) in [5.74, 6) is -0.536. The van der Waals surface area contributed by atoms with Gasteiger partial charge in [-0.1, -0.05) is 54.1 Å². The third-order valence-corrected chi connectivity index (χ3v) is 6.56. The average molecular weight is 493 g/mol. The molecular weight excluding hydrogens is 472 g/mol. The van der Waals surface area contributed by atoms with Crippen LogP contribution >= 0.6 is 22.9 Å². The van der Waals surface area contributed by atoms with Gasteiger partial charge in [0.2, 0.25) is 0 Å². The van der Waals surface area contributed by atoms with E-state index < -0.39 is 17.2 Å². The first-order valence-electron chi connectivity index (χ1n) is 10.3. The summed E-state index contributed by atoms with van der Waals surface area (Å²) >= 11 is 7.46. The number of carbonyl (C=O) groups is 1. The Hall–Kier alpha value is -3.88. The van der Waals surface area contributed by atoms with Crippen LogP contribution in [0.3, 0.4) is 0 Å². The van der Waals surface area contributed by atoms with Crippen molar-refractivity contribution in [2.24, 2.45) is 0 Å². The van der Waals surface area contributed by atoms with E-state index in [2.05, 4.69) is 4.98 Å². The van der Waals surface area contributed by atoms with Crippen molar-refractivity contribution in [1.82, 2.24) is 9.55 Å². The second-order valence-electron chi connectivity index (χ2n) is 7.50. The number of nitrogens with zero attached hydrogens (tertiary/aromatic N) is 2. The van der Waals surface area contributed by atoms with Crippen molar-refractivity contribution in [2.75, 3.05) is 17.7 Å². The van der Waals surface area contributed by atoms with Gasteiger partial charge < -0.3 is 10.6 Å². The van der Waals surface area contributed by atoms with E-state index >= 15 is 0 Å². The molecule has 1 amide bonds. The minimum absolute atomic E-state index is 0.0806. The van der Waals surface area contributed by atoms with Crippen LogP contribution < -0.4 is 21.9 Å². The number of nitrogens with two attached hydrogens (primary N) is 1. The van der Waals surface area contributed by atoms with Crippen molar-refractivity contribution in [2.45, 2.75) is 6.54 Å². The molecule has 0 atom stereocenters. The third kappa shape index (κ3) is 5.03. The molecule has 0 aliphatic carbocycles. The number of aromatic amines is 1. The minimum Gasteiger partial charge on any atom is -0.383 e. The molecule has 3 N–H and O–H groups in total. The summed E-state index contributed by atoms with van der Waals surface area (Å²) in [6, 6.07) is 20.6. The number of nitrogens with one attached hydrogen (secondary N) is 1. The predicted octanol–water partition coefficient (Wildman–Crippen LogP) is 4.23. The number of hydrogen-bond donors (Lipinski definition) is 2. The summed E-state index contributed by atoms with van der Waals surface area (Å²) in [6.45, 7) is 0.163. The molecule has 0 radical (unpaired) electrons. The van der Waals surface area contributed by atoms with Crippen molar-refractivity contribution < 1.29 is 4.79 Å². The molecule has 0 spiro atoms. The minimum atomic E-state index is -0.725. The standard InChI is InChI=1S/C25H21ClN4O3S/c1-29(21(31)14-12-19-11-13-20(34-19)17-7-9-18(26)10-8-17)22-23(27)30(25(33)28-24(22)32)15-16-5-3-2-4-6-16/h2-14H,15,27H2,1H3,(H,28,32,33)/b14-12+. The predicted molar refractivity (Wildman–Crippen MR) is 138 cm³/mol. The summed E-state index contributed by atoms with van der Waals surface area (Å²) in [7, 11) is 1.44. The van der Waals surface area contributed by atoms with Gasteiger partial charge in [0, 0.05) is 27.9 Å². The van der Waals surface area contributed by atoms with E-state index in [0.717, 1.165) is 25.8 Å². The Balaban J connectivity index is 1.56. The molecule has 0 aliphatic rings. The van der Waals surface area contributed by atoms with Crippen molar-refractivity contribution in [3.8, 4) is 10.4 Å². The Bertz CT molecular complexity index is 1470. The van der Waals surface area contributed by atoms with E-state index in [1.165, 1.54) is 29.0 Å². The number of aromatic nitrogens is 2. The molecule has 2 aromatic carbocycles. The quantitative estimate of drug-likeness (QED) is 0.393. The number of carbonyl (C=O) groups excluding carboxylic acids is 1. The van der Waals surface area contributed by atoms with Gasteiger partial charge in [-0.05, 0) is 41.5 Å². The molecule has 4 aromatic rings. The summed E-state index contributed by atoms with van der Waals surface area (Å²) in [4.78, 5) is 43.0. The number of likely N-dealkylation sites (N-methyl/N-ethyl adjacent to an activating group) is 1. The second kappa shape index (κ2) is 9.94. The summed E-state index contributed by atoms with van der Waals surface area (Å²) < 4.78 is 1.23. The number of nitrogen functional groups attached to an aromatic ring is 1. The maximum Gasteiger partial charge on any atom is 0.330 e. The van der Waals surface area contributed by atoms with E-state index in [0.29, 0.717) is 5.02 Å². The smallest absolute Gasteiger partial charge is 0.330 e. The third-order valence-electron chi connectivity index (χ3n) is 5.21. The molecule has 2 aromatic heterocycles. The maximum absolute atomic E-state index is 12.8. The summed E-state index contributed by atoms with van der Waals surface area (Å²) in [5, 5.41) is 0.665. The fourth-order valence-electron chi connectivity index (χ4n) is 3.41. The molecule has 172 valence electrons. The Morgan fingerprint density at radius 1 is 1.09 bits per heavy atom. The molecule has 0 fully saturated rings. The fourth-order valence-corrected chi connectivity index (χ4v) is 4.45. The van der Waals surface area contributed by atoms with E-state index in [4.69, 9.17) is 17.3 Å². The zero-order valence-corrected chi connectivity index (χ0v) is 19.8. The van der Waals surface area contributed by atoms with Crippen LogP contribution in [0.25, 0.3) is 16.5 Å². The lowest BCUT2D eigenvalue weighted by molar-refractivity contribution is -0.113. The SMILES string of the molecule is CN(C(=O)/C=C/c1ccc(-c2ccc(Cl)cc2)s1)c1c(N)n(Cc2ccccc2)c(=O)[nH]c1=O. The molecule has 9 heteroatoms. The Morgan fingerprint density at radius 2 is 1.79 bits per heavy atom. The van der Waals surface area contributed by atoms with Crippen LogP contribution in [-0.2, 0) is 11.3 Å². The maximum atomic E-state index is 12.8. The lowest BCUT2D eigenvalue weighted by Gasteiger charge is -2.19. The molecule has 0 aliphatic heterocycles. The zero-order valence-electron chi connectivity index (χ0n) is 18.2. The molecule has 0 saturated heterocycles. The average Bonchev–Trinajstić information content (AvgIpc) is 3.30. The number of rotatable bonds is 6. The number of anilines is 2. The van der Waals surface area contributed by atoms with Gasteiger partial charge in [0.05, 0.1) is 6.54 Å². The highest BCUT2D eigenvalue weighted by Crippen LogP contribution is 2.29. The molecule has 0 saturated carbocycles. The van der Waals surface area contributed by atoms with Crippen molar-refractivity contribution in [3.05, 3.63) is 109 Å². The summed E-state index contributed by atoms with van der Waals surface area (Å²) in [6.07, 6.45) is 3.04. The highest BCUT2D eigenvalue weighted by atomic mass is 35.5. The topological polar surface area (TPSA) is 101 Å². The monoisotopic (exact) mass is 492 g/mol. The molecular formula is C25H21ClN4O3S. The van der Waals surface area contributed by atoms with Gasteiger partial charge in [-0.2, -0.15) is 0 Å². The van der Waals surface area contributed by atoms with Crippen LogP contribution in [0.5, 0.6) is 0 Å². The van der Waals surface area contributed by atoms with Gasteiger partial charge in [-0.3, -0.25) is 19.1 Å². The van der Waals surface area contributed by atoms with Gasteiger partial charge in [-0.25, -0.2) is 4.79 Å². The Morgan fingerprint density at radius 3 is 2.50 bits per heavy atom. The van der Waals surface area contributed by atoms with Crippen molar-refractivity contribution in [3.63, 3.8) is 0 Å². The van der Waals surface area contributed by atoms with E-state index in [1.807, 2.05) is 66.7 Å². The van der Waals surface area contributed by atoms with Crippen LogP contribution in [0.15, 0.2) is 82.4 Å². The normalized spacial score (nSPS) is 11.1. The largest absolute Gasteiger partial charge is 0.383 e. The van der Waals surface area contributed by atoms with Crippen LogP contribution in [0, 0.1) is 0 Å². The highest BCUT2D eigenvalue weighted by molar-refractivity contribution is 7.16. The first kappa shape index (κ1) is 23.3. The van der Waals surface area contributed by atoms with E-state index in [9.17, 15) is 14.4 Å². The van der Waals surface area contributed by atoms with Crippen LogP contribution in [0.2, 0.25) is 5.02 Å². The number of thiophene rings is 1. The van der Waals surface area contributed by atoms with Crippen molar-refractivity contribution >= 4 is 46.4 Å². The van der Waals surface area contributed by atoms with Crippen LogP contribution in [0.1, 0.15) is 10.4 Å². The number of halogens is 1. The van der Waals surface area contributed by atoms with Crippen molar-refractivity contribution in [1.29, 1.82) is 0 Å². The van der Waals surface area contributed by atoms with E-state index in [-0.39, 0.29) is 18.1 Å². The molecule has 0 unspecified atom stereocenters. The molecule has 34 heavy (non-hydrogen) atoms. The van der Waals surface area contributed by atoms with Crippen LogP contribution in [-0.4, -0.2) is 22.5 Å². The fraction of sp³-hybridized carbons (Fsp3) is 0.0800. The summed E-state index contributed by atoms with van der Waals surface area (Å²) in [5.41, 5.74) is 6.58. The number of benzene rings is 2. The Labute approximate surface area is 204 Å². The van der Waals surface area contributed by atoms with Gasteiger partial charge >= 0.3 is 5.69 Å². The van der Waals surface area contributed by atoms with Gasteiger partial charge in [-0.15, -0.1) is 11.3 Å². The second-order valence-corrected chi connectivity index (χ2v) is 9.06. The molecule has 7 nitrogen and oxygen atoms in total. The molecule has 4 rings (SSSR count). The van der Waals surface area contributed by atoms with E-state index in [1.54, 1.807) is 6.08 Å². The lowest BCUT2D eigenvalue weighted by atomic mass is 10.2. The number of hydrogen-bond acceptors (Lipinski definition) is 5. The van der Waals surface area contributed by atoms with Gasteiger partial charge in [0.1, 0.15) is 5.82 Å². The first-order valence-corrected chi connectivity index (χ1v) is 11.5. The van der Waals surface area contributed by atoms with Crippen LogP contribution in [0.4, 0.5) is 11.5 Å². The highest BCUT2D eigenvalue weighted by Gasteiger charge is 2.19. The van der Waals surface area contributed by atoms with Gasteiger partial charge in [0.15, 0.2) is 5.69 Å². The number of H-pyrrole nitrogens is 1. The number of amides is 1. The first-order chi connectivity index (χ1) is 16.3. The Kier molecular flexibility index (Phi) is 6.81. The zero-order chi connectivity index (χ0) is 24.2. The van der Waals surface area contributed by atoms with Gasteiger partial charge in [0.25, 0.3) is 11.5 Å². The lowest BCUT2D eigenvalue weighted by Crippen LogP contribution is -2.39. The molecule has 2 heterocycles.